The molecule has 0 aliphatic rings. The zero-order chi connectivity index (χ0) is 19.2. The number of carbonyl (C=O) groups excluding carboxylic acids is 2. The minimum atomic E-state index is -0.492. The zero-order valence-electron chi connectivity index (χ0n) is 14.5. The van der Waals surface area contributed by atoms with Crippen molar-refractivity contribution in [3.8, 4) is 11.4 Å². The Hall–Kier alpha value is -3.19. The number of hydrogen-bond donors (Lipinski definition) is 2. The molecule has 0 aliphatic heterocycles. The van der Waals surface area contributed by atoms with Crippen molar-refractivity contribution in [1.82, 2.24) is 21.0 Å². The monoisotopic (exact) mass is 384 g/mol. The summed E-state index contributed by atoms with van der Waals surface area (Å²) in [7, 11) is 0. The summed E-state index contributed by atoms with van der Waals surface area (Å²) in [6, 6.07) is 14.3. The average molecular weight is 385 g/mol. The van der Waals surface area contributed by atoms with E-state index in [0.29, 0.717) is 16.7 Å². The molecule has 7 nitrogen and oxygen atoms in total. The second-order valence-electron chi connectivity index (χ2n) is 5.86. The van der Waals surface area contributed by atoms with Gasteiger partial charge in [-0.1, -0.05) is 58.7 Å². The standard InChI is InChI=1S/C19H17ClN4O3/c1-12-6-8-13(9-7-12)18-21-17(27-24-18)11-10-16(25)22-23-19(26)14-4-2-3-5-15(14)20/h2-9H,10-11H2,1H3,(H,22,25)(H,23,26). The lowest BCUT2D eigenvalue weighted by molar-refractivity contribution is -0.121. The molecule has 0 saturated carbocycles. The molecule has 2 amide bonds. The van der Waals surface area contributed by atoms with Gasteiger partial charge in [-0.15, -0.1) is 0 Å². The number of nitrogens with zero attached hydrogens (tertiary/aromatic N) is 2. The minimum absolute atomic E-state index is 0.0817. The Labute approximate surface area is 160 Å². The van der Waals surface area contributed by atoms with Crippen LogP contribution in [0.3, 0.4) is 0 Å². The van der Waals surface area contributed by atoms with E-state index in [9.17, 15) is 9.59 Å². The van der Waals surface area contributed by atoms with Gasteiger partial charge in [0.15, 0.2) is 0 Å². The number of halogens is 1. The highest BCUT2D eigenvalue weighted by Crippen LogP contribution is 2.17. The maximum atomic E-state index is 12.0. The number of aromatic nitrogens is 2. The largest absolute Gasteiger partial charge is 0.339 e. The van der Waals surface area contributed by atoms with Gasteiger partial charge in [0.25, 0.3) is 5.91 Å². The lowest BCUT2D eigenvalue weighted by atomic mass is 10.1. The first-order valence-electron chi connectivity index (χ1n) is 8.26. The Morgan fingerprint density at radius 1 is 1.07 bits per heavy atom. The third-order valence-electron chi connectivity index (χ3n) is 3.78. The third kappa shape index (κ3) is 4.92. The second-order valence-corrected chi connectivity index (χ2v) is 6.27. The van der Waals surface area contributed by atoms with Crippen LogP contribution < -0.4 is 10.9 Å². The first kappa shape index (κ1) is 18.6. The van der Waals surface area contributed by atoms with Crippen LogP contribution in [0.4, 0.5) is 0 Å². The van der Waals surface area contributed by atoms with E-state index >= 15 is 0 Å². The van der Waals surface area contributed by atoms with Gasteiger partial charge in [0.05, 0.1) is 10.6 Å². The summed E-state index contributed by atoms with van der Waals surface area (Å²) < 4.78 is 5.16. The van der Waals surface area contributed by atoms with Crippen LogP contribution in [0.1, 0.15) is 28.2 Å². The normalized spacial score (nSPS) is 10.4. The van der Waals surface area contributed by atoms with Crippen LogP contribution in [0.25, 0.3) is 11.4 Å². The van der Waals surface area contributed by atoms with Crippen LogP contribution in [0.5, 0.6) is 0 Å². The molecule has 3 rings (SSSR count). The van der Waals surface area contributed by atoms with Crippen molar-refractivity contribution < 1.29 is 14.1 Å². The molecule has 0 aliphatic carbocycles. The zero-order valence-corrected chi connectivity index (χ0v) is 15.3. The van der Waals surface area contributed by atoms with E-state index in [0.717, 1.165) is 11.1 Å². The molecule has 1 aromatic heterocycles. The number of nitrogens with one attached hydrogen (secondary N) is 2. The highest BCUT2D eigenvalue weighted by Gasteiger charge is 2.13. The van der Waals surface area contributed by atoms with E-state index in [4.69, 9.17) is 16.1 Å². The van der Waals surface area contributed by atoms with Crippen LogP contribution in [-0.4, -0.2) is 22.0 Å². The van der Waals surface area contributed by atoms with Crippen molar-refractivity contribution >= 4 is 23.4 Å². The molecule has 8 heteroatoms. The van der Waals surface area contributed by atoms with Crippen molar-refractivity contribution in [2.75, 3.05) is 0 Å². The number of aryl methyl sites for hydroxylation is 2. The third-order valence-corrected chi connectivity index (χ3v) is 4.11. The maximum Gasteiger partial charge on any atom is 0.271 e. The van der Waals surface area contributed by atoms with Gasteiger partial charge in [-0.3, -0.25) is 20.4 Å². The molecule has 0 atom stereocenters. The van der Waals surface area contributed by atoms with Gasteiger partial charge in [0, 0.05) is 18.4 Å². The molecule has 0 unspecified atom stereocenters. The van der Waals surface area contributed by atoms with E-state index in [2.05, 4.69) is 21.0 Å². The van der Waals surface area contributed by atoms with Gasteiger partial charge in [-0.25, -0.2) is 0 Å². The predicted molar refractivity (Wildman–Crippen MR) is 99.9 cm³/mol. The lowest BCUT2D eigenvalue weighted by Crippen LogP contribution is -2.41. The topological polar surface area (TPSA) is 97.1 Å². The van der Waals surface area contributed by atoms with Crippen molar-refractivity contribution in [3.05, 3.63) is 70.6 Å². The first-order chi connectivity index (χ1) is 13.0. The molecule has 27 heavy (non-hydrogen) atoms. The molecule has 0 bridgehead atoms. The molecule has 0 spiro atoms. The fourth-order valence-corrected chi connectivity index (χ4v) is 2.52. The Balaban J connectivity index is 1.49. The summed E-state index contributed by atoms with van der Waals surface area (Å²) in [6.45, 7) is 1.99. The van der Waals surface area contributed by atoms with E-state index in [1.807, 2.05) is 31.2 Å². The number of carbonyl (C=O) groups is 2. The number of hydrazine groups is 1. The molecule has 1 heterocycles. The molecule has 2 aromatic carbocycles. The van der Waals surface area contributed by atoms with Crippen molar-refractivity contribution in [2.24, 2.45) is 0 Å². The summed E-state index contributed by atoms with van der Waals surface area (Å²) in [6.07, 6.45) is 0.338. The van der Waals surface area contributed by atoms with E-state index < -0.39 is 5.91 Å². The van der Waals surface area contributed by atoms with E-state index in [-0.39, 0.29) is 24.3 Å². The van der Waals surface area contributed by atoms with Crippen LogP contribution in [0.15, 0.2) is 53.1 Å². The van der Waals surface area contributed by atoms with Gasteiger partial charge < -0.3 is 4.52 Å². The Morgan fingerprint density at radius 2 is 1.81 bits per heavy atom. The molecule has 138 valence electrons. The SMILES string of the molecule is Cc1ccc(-c2noc(CCC(=O)NNC(=O)c3ccccc3Cl)n2)cc1. The summed E-state index contributed by atoms with van der Waals surface area (Å²) in [5.41, 5.74) is 6.91. The van der Waals surface area contributed by atoms with Crippen LogP contribution in [0, 0.1) is 6.92 Å². The number of hydrogen-bond acceptors (Lipinski definition) is 5. The minimum Gasteiger partial charge on any atom is -0.339 e. The molecule has 0 radical (unpaired) electrons. The lowest BCUT2D eigenvalue weighted by Gasteiger charge is -2.07. The molecular formula is C19H17ClN4O3. The highest BCUT2D eigenvalue weighted by molar-refractivity contribution is 6.33. The van der Waals surface area contributed by atoms with Crippen LogP contribution >= 0.6 is 11.6 Å². The predicted octanol–water partition coefficient (Wildman–Crippen LogP) is 3.09. The number of rotatable bonds is 5. The summed E-state index contributed by atoms with van der Waals surface area (Å²) in [4.78, 5) is 28.2. The first-order valence-corrected chi connectivity index (χ1v) is 8.64. The summed E-state index contributed by atoms with van der Waals surface area (Å²) in [5.74, 6) is -0.0607. The Morgan fingerprint density at radius 3 is 2.56 bits per heavy atom. The fourth-order valence-electron chi connectivity index (χ4n) is 2.30. The number of benzene rings is 2. The van der Waals surface area contributed by atoms with Gasteiger partial charge in [0.1, 0.15) is 0 Å². The van der Waals surface area contributed by atoms with Crippen molar-refractivity contribution in [3.63, 3.8) is 0 Å². The quantitative estimate of drug-likeness (QED) is 0.659. The molecule has 3 aromatic rings. The summed E-state index contributed by atoms with van der Waals surface area (Å²) >= 11 is 5.94. The Bertz CT molecular complexity index is 954. The smallest absolute Gasteiger partial charge is 0.271 e. The van der Waals surface area contributed by atoms with E-state index in [1.54, 1.807) is 24.3 Å². The molecule has 0 fully saturated rings. The van der Waals surface area contributed by atoms with Crippen LogP contribution in [-0.2, 0) is 11.2 Å². The van der Waals surface area contributed by atoms with Gasteiger partial charge >= 0.3 is 0 Å². The van der Waals surface area contributed by atoms with E-state index in [1.165, 1.54) is 0 Å². The molecule has 0 saturated heterocycles. The molecular weight excluding hydrogens is 368 g/mol. The fraction of sp³-hybridized carbons (Fsp3) is 0.158. The Kier molecular flexibility index (Phi) is 5.83. The van der Waals surface area contributed by atoms with Gasteiger partial charge in [-0.05, 0) is 19.1 Å². The number of amides is 2. The second kappa shape index (κ2) is 8.46. The van der Waals surface area contributed by atoms with Gasteiger partial charge in [0.2, 0.25) is 17.6 Å². The van der Waals surface area contributed by atoms with Crippen molar-refractivity contribution in [1.29, 1.82) is 0 Å². The van der Waals surface area contributed by atoms with Crippen molar-refractivity contribution in [2.45, 2.75) is 19.8 Å². The maximum absolute atomic E-state index is 12.0. The molecule has 2 N–H and O–H groups in total. The van der Waals surface area contributed by atoms with Gasteiger partial charge in [-0.2, -0.15) is 4.98 Å². The summed E-state index contributed by atoms with van der Waals surface area (Å²) in [5, 5.41) is 4.22. The highest BCUT2D eigenvalue weighted by atomic mass is 35.5. The van der Waals surface area contributed by atoms with Crippen LogP contribution in [0.2, 0.25) is 5.02 Å². The average Bonchev–Trinajstić information content (AvgIpc) is 3.14.